The zero-order valence-electron chi connectivity index (χ0n) is 17.5. The number of aliphatic hydroxyl groups is 1. The van der Waals surface area contributed by atoms with Crippen LogP contribution in [0.15, 0.2) is 30.7 Å². The maximum absolute atomic E-state index is 13.0. The van der Waals surface area contributed by atoms with Gasteiger partial charge >= 0.3 is 6.01 Å². The van der Waals surface area contributed by atoms with Gasteiger partial charge in [0.05, 0.1) is 24.3 Å². The number of carbonyl (C=O) groups excluding carboxylic acids is 1. The van der Waals surface area contributed by atoms with Crippen LogP contribution in [-0.4, -0.2) is 57.2 Å². The lowest BCUT2D eigenvalue weighted by molar-refractivity contribution is -0.141. The van der Waals surface area contributed by atoms with Gasteiger partial charge in [0, 0.05) is 43.5 Å². The molecule has 0 aromatic carbocycles. The third-order valence-corrected chi connectivity index (χ3v) is 6.14. The number of hydrogen-bond acceptors (Lipinski definition) is 7. The summed E-state index contributed by atoms with van der Waals surface area (Å²) in [5.74, 6) is 0.0788. The predicted octanol–water partition coefficient (Wildman–Crippen LogP) is 2.43. The van der Waals surface area contributed by atoms with Crippen LogP contribution >= 0.6 is 0 Å². The van der Waals surface area contributed by atoms with Crippen LogP contribution in [-0.2, 0) is 5.60 Å². The largest absolute Gasteiger partial charge is 0.478 e. The summed E-state index contributed by atoms with van der Waals surface area (Å²) in [6.45, 7) is 5.56. The van der Waals surface area contributed by atoms with Gasteiger partial charge in [-0.05, 0) is 38.8 Å². The summed E-state index contributed by atoms with van der Waals surface area (Å²) in [4.78, 5) is 27.6. The summed E-state index contributed by atoms with van der Waals surface area (Å²) < 4.78 is 11.2. The second-order valence-corrected chi connectivity index (χ2v) is 7.84. The molecule has 160 valence electrons. The van der Waals surface area contributed by atoms with E-state index in [-0.39, 0.29) is 23.8 Å². The number of pyridine rings is 1. The minimum Gasteiger partial charge on any atom is -0.478 e. The van der Waals surface area contributed by atoms with Gasteiger partial charge in [-0.2, -0.15) is 4.98 Å². The smallest absolute Gasteiger partial charge is 0.319 e. The van der Waals surface area contributed by atoms with Gasteiger partial charge in [-0.25, -0.2) is 4.98 Å². The molecular weight excluding hydrogens is 384 g/mol. The Hall–Kier alpha value is -2.74. The summed E-state index contributed by atoms with van der Waals surface area (Å²) >= 11 is 0. The van der Waals surface area contributed by atoms with Crippen molar-refractivity contribution in [3.8, 4) is 11.9 Å². The number of carbonyl (C=O) groups is 1. The van der Waals surface area contributed by atoms with E-state index in [1.807, 2.05) is 18.7 Å². The molecule has 1 aliphatic carbocycles. The van der Waals surface area contributed by atoms with Crippen molar-refractivity contribution < 1.29 is 19.4 Å². The predicted molar refractivity (Wildman–Crippen MR) is 109 cm³/mol. The van der Waals surface area contributed by atoms with Crippen molar-refractivity contribution in [2.45, 2.75) is 38.7 Å². The van der Waals surface area contributed by atoms with Crippen LogP contribution in [0.2, 0.25) is 0 Å². The number of likely N-dealkylation sites (tertiary alicyclic amines) is 1. The van der Waals surface area contributed by atoms with Gasteiger partial charge in [0.2, 0.25) is 5.88 Å². The summed E-state index contributed by atoms with van der Waals surface area (Å²) in [7, 11) is 0. The van der Waals surface area contributed by atoms with Gasteiger partial charge in [0.1, 0.15) is 5.60 Å². The third-order valence-electron chi connectivity index (χ3n) is 6.14. The van der Waals surface area contributed by atoms with Crippen LogP contribution in [0.4, 0.5) is 0 Å². The number of nitrogens with zero attached hydrogens (tertiary/aromatic N) is 4. The molecule has 30 heavy (non-hydrogen) atoms. The van der Waals surface area contributed by atoms with Gasteiger partial charge in [-0.3, -0.25) is 9.78 Å². The Morgan fingerprint density at radius 3 is 2.57 bits per heavy atom. The molecule has 4 rings (SSSR count). The lowest BCUT2D eigenvalue weighted by Gasteiger charge is -2.53. The summed E-state index contributed by atoms with van der Waals surface area (Å²) in [6.07, 6.45) is 7.54. The first kappa shape index (κ1) is 20.5. The summed E-state index contributed by atoms with van der Waals surface area (Å²) in [5, 5.41) is 12.0. The first-order valence-corrected chi connectivity index (χ1v) is 10.6. The van der Waals surface area contributed by atoms with E-state index in [1.54, 1.807) is 30.7 Å². The fourth-order valence-electron chi connectivity index (χ4n) is 4.80. The molecule has 1 saturated carbocycles. The molecule has 1 aliphatic heterocycles. The molecule has 1 amide bonds. The topological polar surface area (TPSA) is 97.7 Å². The Bertz CT molecular complexity index is 878. The van der Waals surface area contributed by atoms with E-state index in [9.17, 15) is 9.90 Å². The highest BCUT2D eigenvalue weighted by Crippen LogP contribution is 2.51. The summed E-state index contributed by atoms with van der Waals surface area (Å²) in [6, 6.07) is 3.78. The number of ether oxygens (including phenoxy) is 2. The first-order chi connectivity index (χ1) is 14.6. The fourth-order valence-corrected chi connectivity index (χ4v) is 4.80. The molecule has 1 saturated heterocycles. The van der Waals surface area contributed by atoms with Gasteiger partial charge in [-0.1, -0.05) is 6.42 Å². The third kappa shape index (κ3) is 3.60. The van der Waals surface area contributed by atoms with Crippen molar-refractivity contribution >= 4 is 5.91 Å². The van der Waals surface area contributed by atoms with E-state index in [4.69, 9.17) is 9.47 Å². The molecule has 2 bridgehead atoms. The minimum absolute atomic E-state index is 0.0463. The van der Waals surface area contributed by atoms with E-state index in [0.717, 1.165) is 19.3 Å². The molecule has 3 heterocycles. The Morgan fingerprint density at radius 1 is 1.20 bits per heavy atom. The molecule has 1 N–H and O–H groups in total. The van der Waals surface area contributed by atoms with Crippen molar-refractivity contribution in [3.05, 3.63) is 41.9 Å². The molecule has 1 unspecified atom stereocenters. The fraction of sp³-hybridized carbons (Fsp3) is 0.545. The Kier molecular flexibility index (Phi) is 5.85. The lowest BCUT2D eigenvalue weighted by atomic mass is 9.63. The van der Waals surface area contributed by atoms with Crippen LogP contribution in [0.3, 0.4) is 0 Å². The lowest BCUT2D eigenvalue weighted by Crippen LogP contribution is -2.59. The molecule has 8 heteroatoms. The van der Waals surface area contributed by atoms with Gasteiger partial charge in [0.15, 0.2) is 0 Å². The van der Waals surface area contributed by atoms with E-state index in [0.29, 0.717) is 43.3 Å². The Balaban J connectivity index is 1.66. The molecule has 2 aromatic heterocycles. The highest BCUT2D eigenvalue weighted by Gasteiger charge is 2.54. The standard InChI is InChI=1S/C22H28N4O4/c1-3-29-19-18(12-24-21(25-19)30-4-2)22(28)16-8-5-9-17(22)14-26(13-16)20(27)15-7-6-10-23-11-15/h6-7,10-12,16-17,28H,3-5,8-9,13-14H2,1-2H3/t16-,17+,22?. The average Bonchev–Trinajstić information content (AvgIpc) is 2.74. The molecule has 2 fully saturated rings. The second-order valence-electron chi connectivity index (χ2n) is 7.84. The van der Waals surface area contributed by atoms with E-state index >= 15 is 0 Å². The molecule has 2 aromatic rings. The number of hydrogen-bond donors (Lipinski definition) is 1. The van der Waals surface area contributed by atoms with Crippen molar-refractivity contribution in [1.29, 1.82) is 0 Å². The molecule has 8 nitrogen and oxygen atoms in total. The van der Waals surface area contributed by atoms with Crippen molar-refractivity contribution in [3.63, 3.8) is 0 Å². The SMILES string of the molecule is CCOc1ncc(C2(O)[C@@H]3CCC[C@H]2CN(C(=O)c2cccnc2)C3)c(OCC)n1. The molecule has 3 atom stereocenters. The Morgan fingerprint density at radius 2 is 1.93 bits per heavy atom. The normalized spacial score (nSPS) is 25.6. The number of fused-ring (bicyclic) bond motifs is 2. The highest BCUT2D eigenvalue weighted by molar-refractivity contribution is 5.94. The van der Waals surface area contributed by atoms with E-state index < -0.39 is 5.60 Å². The van der Waals surface area contributed by atoms with Crippen molar-refractivity contribution in [2.75, 3.05) is 26.3 Å². The molecule has 0 radical (unpaired) electrons. The van der Waals surface area contributed by atoms with Crippen LogP contribution in [0.25, 0.3) is 0 Å². The van der Waals surface area contributed by atoms with Crippen LogP contribution in [0.5, 0.6) is 11.9 Å². The second kappa shape index (κ2) is 8.55. The zero-order chi connectivity index (χ0) is 21.1. The van der Waals surface area contributed by atoms with Crippen molar-refractivity contribution in [2.24, 2.45) is 11.8 Å². The average molecular weight is 412 g/mol. The number of aromatic nitrogens is 3. The number of rotatable bonds is 6. The van der Waals surface area contributed by atoms with Crippen LogP contribution in [0, 0.1) is 11.8 Å². The minimum atomic E-state index is -1.14. The quantitative estimate of drug-likeness (QED) is 0.778. The monoisotopic (exact) mass is 412 g/mol. The highest BCUT2D eigenvalue weighted by atomic mass is 16.5. The molecule has 0 spiro atoms. The Labute approximate surface area is 176 Å². The molecule has 2 aliphatic rings. The van der Waals surface area contributed by atoms with Crippen LogP contribution in [0.1, 0.15) is 49.0 Å². The number of piperidine rings is 1. The van der Waals surface area contributed by atoms with E-state index in [1.165, 1.54) is 0 Å². The van der Waals surface area contributed by atoms with Crippen LogP contribution < -0.4 is 9.47 Å². The van der Waals surface area contributed by atoms with Crippen molar-refractivity contribution in [1.82, 2.24) is 19.9 Å². The van der Waals surface area contributed by atoms with E-state index in [2.05, 4.69) is 15.0 Å². The van der Waals surface area contributed by atoms with Gasteiger partial charge < -0.3 is 19.5 Å². The number of amides is 1. The summed E-state index contributed by atoms with van der Waals surface area (Å²) in [5.41, 5.74) is 0.0237. The van der Waals surface area contributed by atoms with Gasteiger partial charge in [-0.15, -0.1) is 0 Å². The zero-order valence-corrected chi connectivity index (χ0v) is 17.5. The van der Waals surface area contributed by atoms with Gasteiger partial charge in [0.25, 0.3) is 5.91 Å². The maximum Gasteiger partial charge on any atom is 0.319 e. The maximum atomic E-state index is 13.0. The molecular formula is C22H28N4O4. The first-order valence-electron chi connectivity index (χ1n) is 10.6.